The fourth-order valence-corrected chi connectivity index (χ4v) is 5.31. The first kappa shape index (κ1) is 21.2. The Labute approximate surface area is 195 Å². The molecule has 2 aliphatic carbocycles. The molecule has 1 saturated heterocycles. The minimum absolute atomic E-state index is 0.521. The number of morpholine rings is 1. The number of aromatic nitrogens is 4. The summed E-state index contributed by atoms with van der Waals surface area (Å²) in [5, 5.41) is 5.07. The summed E-state index contributed by atoms with van der Waals surface area (Å²) >= 11 is 0. The summed E-state index contributed by atoms with van der Waals surface area (Å²) in [7, 11) is 0. The predicted octanol–water partition coefficient (Wildman–Crippen LogP) is 3.89. The summed E-state index contributed by atoms with van der Waals surface area (Å²) in [4.78, 5) is 12.3. The minimum Gasteiger partial charge on any atom is -0.379 e. The van der Waals surface area contributed by atoms with Gasteiger partial charge in [-0.15, -0.1) is 0 Å². The third-order valence-electron chi connectivity index (χ3n) is 7.52. The summed E-state index contributed by atoms with van der Waals surface area (Å²) in [5.74, 6) is 1.39. The number of hydrogen-bond donors (Lipinski definition) is 1. The molecule has 0 unspecified atom stereocenters. The number of nitrogens with two attached hydrogens (primary N) is 1. The molecule has 7 nitrogen and oxygen atoms in total. The lowest BCUT2D eigenvalue weighted by atomic mass is 9.77. The van der Waals surface area contributed by atoms with Crippen LogP contribution >= 0.6 is 0 Å². The zero-order chi connectivity index (χ0) is 22.2. The van der Waals surface area contributed by atoms with Crippen molar-refractivity contribution in [2.24, 2.45) is 11.7 Å². The molecule has 0 amide bonds. The summed E-state index contributed by atoms with van der Waals surface area (Å²) < 4.78 is 7.71. The zero-order valence-electron chi connectivity index (χ0n) is 19.3. The summed E-state index contributed by atoms with van der Waals surface area (Å²) in [5.41, 5.74) is 12.2. The molecule has 2 N–H and O–H groups in total. The molecule has 6 rings (SSSR count). The standard InChI is InChI=1S/C26H34N6O/c27-7-1-2-18-12-21(13-18)32-17-22(26(30-32)20-4-5-20)25-15-28-23-6-3-19(14-24(23)29-25)16-31-8-10-33-11-9-31/h3,6,14-15,17-18,20-21H,1-2,4-5,7-13,16,27H2. The van der Waals surface area contributed by atoms with Crippen molar-refractivity contribution >= 4 is 11.0 Å². The van der Waals surface area contributed by atoms with Crippen LogP contribution in [0.5, 0.6) is 0 Å². The zero-order valence-corrected chi connectivity index (χ0v) is 19.3. The van der Waals surface area contributed by atoms with Gasteiger partial charge in [-0.05, 0) is 68.7 Å². The van der Waals surface area contributed by atoms with Gasteiger partial charge < -0.3 is 10.5 Å². The fourth-order valence-electron chi connectivity index (χ4n) is 5.31. The average Bonchev–Trinajstić information content (AvgIpc) is 3.57. The van der Waals surface area contributed by atoms with Crippen molar-refractivity contribution in [2.75, 3.05) is 32.8 Å². The maximum absolute atomic E-state index is 5.69. The molecule has 3 heterocycles. The monoisotopic (exact) mass is 446 g/mol. The van der Waals surface area contributed by atoms with Crippen LogP contribution < -0.4 is 5.73 Å². The second kappa shape index (κ2) is 9.12. The maximum Gasteiger partial charge on any atom is 0.0927 e. The minimum atomic E-state index is 0.521. The van der Waals surface area contributed by atoms with E-state index in [0.29, 0.717) is 12.0 Å². The third-order valence-corrected chi connectivity index (χ3v) is 7.52. The molecule has 33 heavy (non-hydrogen) atoms. The van der Waals surface area contributed by atoms with Gasteiger partial charge in [-0.25, -0.2) is 4.98 Å². The van der Waals surface area contributed by atoms with Crippen LogP contribution in [0.25, 0.3) is 22.3 Å². The fraction of sp³-hybridized carbons (Fsp3) is 0.577. The van der Waals surface area contributed by atoms with Gasteiger partial charge in [-0.1, -0.05) is 6.07 Å². The van der Waals surface area contributed by atoms with E-state index in [1.165, 1.54) is 48.9 Å². The molecule has 3 fully saturated rings. The van der Waals surface area contributed by atoms with Crippen LogP contribution in [0.2, 0.25) is 0 Å². The van der Waals surface area contributed by atoms with Crippen molar-refractivity contribution in [3.63, 3.8) is 0 Å². The number of fused-ring (bicyclic) bond motifs is 1. The van der Waals surface area contributed by atoms with E-state index in [2.05, 4.69) is 34.0 Å². The second-order valence-electron chi connectivity index (χ2n) is 10.1. The average molecular weight is 447 g/mol. The van der Waals surface area contributed by atoms with Crippen LogP contribution in [-0.2, 0) is 11.3 Å². The first-order chi connectivity index (χ1) is 16.3. The van der Waals surface area contributed by atoms with Gasteiger partial charge in [-0.3, -0.25) is 14.6 Å². The second-order valence-corrected chi connectivity index (χ2v) is 10.1. The maximum atomic E-state index is 5.69. The van der Waals surface area contributed by atoms with Gasteiger partial charge in [-0.2, -0.15) is 5.10 Å². The number of hydrogen-bond acceptors (Lipinski definition) is 6. The van der Waals surface area contributed by atoms with Gasteiger partial charge in [0.2, 0.25) is 0 Å². The lowest BCUT2D eigenvalue weighted by Gasteiger charge is -2.35. The third kappa shape index (κ3) is 4.54. The topological polar surface area (TPSA) is 82.1 Å². The van der Waals surface area contributed by atoms with Gasteiger partial charge in [0.1, 0.15) is 0 Å². The highest BCUT2D eigenvalue weighted by atomic mass is 16.5. The Morgan fingerprint density at radius 3 is 2.73 bits per heavy atom. The number of nitrogens with zero attached hydrogens (tertiary/aromatic N) is 5. The molecule has 3 aromatic rings. The molecule has 1 aliphatic heterocycles. The van der Waals surface area contributed by atoms with Gasteiger partial charge in [0.25, 0.3) is 0 Å². The largest absolute Gasteiger partial charge is 0.379 e. The van der Waals surface area contributed by atoms with Crippen LogP contribution in [0, 0.1) is 5.92 Å². The lowest BCUT2D eigenvalue weighted by molar-refractivity contribution is 0.0342. The Bertz CT molecular complexity index is 1110. The van der Waals surface area contributed by atoms with E-state index < -0.39 is 0 Å². The summed E-state index contributed by atoms with van der Waals surface area (Å²) in [6.45, 7) is 5.35. The SMILES string of the molecule is NCCCC1CC(n2cc(-c3cnc4ccc(CN5CCOCC5)cc4n3)c(C3CC3)n2)C1. The van der Waals surface area contributed by atoms with E-state index in [4.69, 9.17) is 25.5 Å². The van der Waals surface area contributed by atoms with Gasteiger partial charge in [0.05, 0.1) is 47.9 Å². The number of ether oxygens (including phenoxy) is 1. The Morgan fingerprint density at radius 1 is 1.09 bits per heavy atom. The van der Waals surface area contributed by atoms with Crippen LogP contribution in [-0.4, -0.2) is 57.5 Å². The Kier molecular flexibility index (Phi) is 5.86. The normalized spacial score (nSPS) is 23.7. The molecular formula is C26H34N6O. The molecule has 0 bridgehead atoms. The van der Waals surface area contributed by atoms with Crippen LogP contribution in [0.4, 0.5) is 0 Å². The van der Waals surface area contributed by atoms with Crippen molar-refractivity contribution in [3.05, 3.63) is 41.9 Å². The highest BCUT2D eigenvalue weighted by molar-refractivity contribution is 5.78. The van der Waals surface area contributed by atoms with E-state index in [9.17, 15) is 0 Å². The molecule has 2 aromatic heterocycles. The predicted molar refractivity (Wildman–Crippen MR) is 129 cm³/mol. The van der Waals surface area contributed by atoms with Gasteiger partial charge >= 0.3 is 0 Å². The smallest absolute Gasteiger partial charge is 0.0927 e. The molecule has 3 aliphatic rings. The molecule has 1 aromatic carbocycles. The van der Waals surface area contributed by atoms with E-state index >= 15 is 0 Å². The van der Waals surface area contributed by atoms with Crippen LogP contribution in [0.1, 0.15) is 61.7 Å². The molecule has 0 spiro atoms. The highest BCUT2D eigenvalue weighted by Gasteiger charge is 2.35. The summed E-state index contributed by atoms with van der Waals surface area (Å²) in [6, 6.07) is 7.00. The molecule has 174 valence electrons. The van der Waals surface area contributed by atoms with Gasteiger partial charge in [0.15, 0.2) is 0 Å². The molecule has 0 radical (unpaired) electrons. The first-order valence-corrected chi connectivity index (χ1v) is 12.6. The highest BCUT2D eigenvalue weighted by Crippen LogP contribution is 2.46. The van der Waals surface area contributed by atoms with Crippen molar-refractivity contribution < 1.29 is 4.74 Å². The van der Waals surface area contributed by atoms with Crippen molar-refractivity contribution in [2.45, 2.75) is 57.0 Å². The number of rotatable bonds is 8. The Balaban J connectivity index is 1.25. The van der Waals surface area contributed by atoms with Crippen LogP contribution in [0.3, 0.4) is 0 Å². The number of benzene rings is 1. The molecule has 7 heteroatoms. The van der Waals surface area contributed by atoms with Crippen molar-refractivity contribution in [1.82, 2.24) is 24.6 Å². The van der Waals surface area contributed by atoms with Crippen molar-refractivity contribution in [1.29, 1.82) is 0 Å². The molecule has 0 atom stereocenters. The van der Waals surface area contributed by atoms with Crippen LogP contribution in [0.15, 0.2) is 30.6 Å². The Hall–Kier alpha value is -2.35. The van der Waals surface area contributed by atoms with E-state index in [1.54, 1.807) is 0 Å². The lowest BCUT2D eigenvalue weighted by Crippen LogP contribution is -2.35. The quantitative estimate of drug-likeness (QED) is 0.565. The summed E-state index contributed by atoms with van der Waals surface area (Å²) in [6.07, 6.45) is 11.5. The molecular weight excluding hydrogens is 412 g/mol. The van der Waals surface area contributed by atoms with Crippen molar-refractivity contribution in [3.8, 4) is 11.3 Å². The first-order valence-electron chi connectivity index (χ1n) is 12.6. The van der Waals surface area contributed by atoms with E-state index in [1.807, 2.05) is 6.20 Å². The van der Waals surface area contributed by atoms with E-state index in [-0.39, 0.29) is 0 Å². The van der Waals surface area contributed by atoms with Gasteiger partial charge in [0, 0.05) is 37.3 Å². The molecule has 2 saturated carbocycles. The Morgan fingerprint density at radius 2 is 1.94 bits per heavy atom. The van der Waals surface area contributed by atoms with E-state index in [0.717, 1.165) is 68.5 Å².